The minimum absolute atomic E-state index is 0.169. The van der Waals surface area contributed by atoms with Crippen molar-refractivity contribution in [2.24, 2.45) is 11.8 Å². The zero-order valence-corrected chi connectivity index (χ0v) is 12.7. The summed E-state index contributed by atoms with van der Waals surface area (Å²) in [7, 11) is 0. The second-order valence-corrected chi connectivity index (χ2v) is 5.11. The van der Waals surface area contributed by atoms with Gasteiger partial charge in [-0.25, -0.2) is 0 Å². The van der Waals surface area contributed by atoms with Crippen LogP contribution < -0.4 is 0 Å². The molecule has 0 rings (SSSR count). The van der Waals surface area contributed by atoms with E-state index in [9.17, 15) is 9.59 Å². The van der Waals surface area contributed by atoms with Gasteiger partial charge < -0.3 is 4.74 Å². The maximum atomic E-state index is 12.4. The van der Waals surface area contributed by atoms with Gasteiger partial charge in [-0.05, 0) is 31.4 Å². The van der Waals surface area contributed by atoms with Gasteiger partial charge in [0.15, 0.2) is 5.78 Å². The first-order valence-electron chi connectivity index (χ1n) is 6.15. The van der Waals surface area contributed by atoms with E-state index in [-0.39, 0.29) is 23.3 Å². The van der Waals surface area contributed by atoms with Crippen LogP contribution in [0.4, 0.5) is 0 Å². The summed E-state index contributed by atoms with van der Waals surface area (Å²) in [6.07, 6.45) is 1.43. The molecule has 0 aromatic heterocycles. The number of ether oxygens (including phenoxy) is 1. The molecule has 4 heteroatoms. The molecular weight excluding hydrogens is 264 g/mol. The van der Waals surface area contributed by atoms with Crippen LogP contribution in [0.2, 0.25) is 0 Å². The van der Waals surface area contributed by atoms with E-state index in [0.717, 1.165) is 0 Å². The zero-order valence-electron chi connectivity index (χ0n) is 12.0. The summed E-state index contributed by atoms with van der Waals surface area (Å²) in [5.74, 6) is -1.87. The van der Waals surface area contributed by atoms with Crippen LogP contribution >= 0.6 is 11.6 Å². The Balaban J connectivity index is 5.45. The van der Waals surface area contributed by atoms with Crippen molar-refractivity contribution in [3.8, 4) is 0 Å². The summed E-state index contributed by atoms with van der Waals surface area (Å²) >= 11 is 5.71. The molecule has 0 bridgehead atoms. The monoisotopic (exact) mass is 284 g/mol. The summed E-state index contributed by atoms with van der Waals surface area (Å²) < 4.78 is 4.95. The molecule has 0 aliphatic rings. The molecular formula is C15H21ClO3. The molecule has 0 aromatic carbocycles. The van der Waals surface area contributed by atoms with Gasteiger partial charge in [0.1, 0.15) is 5.92 Å². The Morgan fingerprint density at radius 1 is 1.32 bits per heavy atom. The topological polar surface area (TPSA) is 43.4 Å². The third-order valence-electron chi connectivity index (χ3n) is 2.52. The van der Waals surface area contributed by atoms with Crippen molar-refractivity contribution >= 4 is 23.4 Å². The Morgan fingerprint density at radius 2 is 1.84 bits per heavy atom. The van der Waals surface area contributed by atoms with Crippen LogP contribution in [0.1, 0.15) is 27.7 Å². The lowest BCUT2D eigenvalue weighted by Crippen LogP contribution is -2.32. The lowest BCUT2D eigenvalue weighted by molar-refractivity contribution is -0.152. The van der Waals surface area contributed by atoms with Crippen molar-refractivity contribution in [1.82, 2.24) is 0 Å². The Morgan fingerprint density at radius 3 is 2.16 bits per heavy atom. The summed E-state index contributed by atoms with van der Waals surface area (Å²) in [6.45, 7) is 14.5. The molecule has 19 heavy (non-hydrogen) atoms. The SMILES string of the molecule is C=C(Cl)/C=C(\C(=C)C)C(=O)C(C(=O)OCC)C(C)C. The second kappa shape index (κ2) is 7.95. The summed E-state index contributed by atoms with van der Waals surface area (Å²) in [5.41, 5.74) is 0.855. The molecule has 3 nitrogen and oxygen atoms in total. The predicted molar refractivity (Wildman–Crippen MR) is 77.9 cm³/mol. The molecule has 0 N–H and O–H groups in total. The molecule has 106 valence electrons. The number of carbonyl (C=O) groups excluding carboxylic acids is 2. The number of carbonyl (C=O) groups is 2. The normalized spacial score (nSPS) is 13.1. The number of esters is 1. The Labute approximate surface area is 120 Å². The smallest absolute Gasteiger partial charge is 0.317 e. The van der Waals surface area contributed by atoms with E-state index in [1.54, 1.807) is 27.7 Å². The van der Waals surface area contributed by atoms with Gasteiger partial charge in [0, 0.05) is 10.6 Å². The number of Topliss-reactive ketones (excluding diaryl/α,β-unsaturated/α-hetero) is 1. The Bertz CT molecular complexity index is 419. The van der Waals surface area contributed by atoms with Crippen LogP contribution in [0.15, 0.2) is 35.4 Å². The molecule has 0 fully saturated rings. The largest absolute Gasteiger partial charge is 0.465 e. The fourth-order valence-corrected chi connectivity index (χ4v) is 1.75. The van der Waals surface area contributed by atoms with Crippen LogP contribution in [0.3, 0.4) is 0 Å². The van der Waals surface area contributed by atoms with Gasteiger partial charge in [-0.15, -0.1) is 0 Å². The van der Waals surface area contributed by atoms with Gasteiger partial charge in [-0.1, -0.05) is 38.6 Å². The van der Waals surface area contributed by atoms with E-state index >= 15 is 0 Å². The standard InChI is InChI=1S/C15H21ClO3/c1-7-19-15(18)13(10(4)5)14(17)12(9(2)3)8-11(6)16/h8,10,13H,2,6-7H2,1,3-5H3/b12-8+. The van der Waals surface area contributed by atoms with E-state index in [2.05, 4.69) is 13.2 Å². The average molecular weight is 285 g/mol. The first-order valence-corrected chi connectivity index (χ1v) is 6.52. The fourth-order valence-electron chi connectivity index (χ4n) is 1.64. The molecule has 0 aromatic rings. The molecule has 0 aliphatic heterocycles. The van der Waals surface area contributed by atoms with Gasteiger partial charge >= 0.3 is 5.97 Å². The second-order valence-electron chi connectivity index (χ2n) is 4.62. The number of hydrogen-bond donors (Lipinski definition) is 0. The van der Waals surface area contributed by atoms with Crippen LogP contribution in [0.25, 0.3) is 0 Å². The Kier molecular flexibility index (Phi) is 7.38. The molecule has 0 aliphatic carbocycles. The van der Waals surface area contributed by atoms with Crippen LogP contribution in [0.5, 0.6) is 0 Å². The summed E-state index contributed by atoms with van der Waals surface area (Å²) in [5, 5.41) is 0.220. The fraction of sp³-hybridized carbons (Fsp3) is 0.467. The summed E-state index contributed by atoms with van der Waals surface area (Å²) in [4.78, 5) is 24.3. The number of halogens is 1. The highest BCUT2D eigenvalue weighted by Crippen LogP contribution is 2.23. The zero-order chi connectivity index (χ0) is 15.2. The third kappa shape index (κ3) is 5.43. The van der Waals surface area contributed by atoms with Crippen LogP contribution in [0, 0.1) is 11.8 Å². The molecule has 0 radical (unpaired) electrons. The highest BCUT2D eigenvalue weighted by atomic mass is 35.5. The molecule has 0 amide bonds. The first kappa shape index (κ1) is 17.6. The quantitative estimate of drug-likeness (QED) is 0.310. The summed E-state index contributed by atoms with van der Waals surface area (Å²) in [6, 6.07) is 0. The number of rotatable bonds is 7. The number of allylic oxidation sites excluding steroid dienone is 4. The predicted octanol–water partition coefficient (Wildman–Crippen LogP) is 3.65. The van der Waals surface area contributed by atoms with Gasteiger partial charge in [0.25, 0.3) is 0 Å². The minimum Gasteiger partial charge on any atom is -0.465 e. The van der Waals surface area contributed by atoms with Crippen molar-refractivity contribution in [2.45, 2.75) is 27.7 Å². The first-order chi connectivity index (χ1) is 8.72. The van der Waals surface area contributed by atoms with Crippen molar-refractivity contribution < 1.29 is 14.3 Å². The molecule has 0 saturated carbocycles. The van der Waals surface area contributed by atoms with E-state index in [1.807, 2.05) is 0 Å². The van der Waals surface area contributed by atoms with Gasteiger partial charge in [0.05, 0.1) is 6.61 Å². The van der Waals surface area contributed by atoms with Crippen molar-refractivity contribution in [1.29, 1.82) is 0 Å². The van der Waals surface area contributed by atoms with Crippen LogP contribution in [-0.2, 0) is 14.3 Å². The molecule has 0 saturated heterocycles. The molecule has 0 heterocycles. The number of hydrogen-bond acceptors (Lipinski definition) is 3. The van der Waals surface area contributed by atoms with Crippen molar-refractivity contribution in [2.75, 3.05) is 6.61 Å². The number of ketones is 1. The maximum Gasteiger partial charge on any atom is 0.317 e. The van der Waals surface area contributed by atoms with Crippen molar-refractivity contribution in [3.63, 3.8) is 0 Å². The lowest BCUT2D eigenvalue weighted by Gasteiger charge is -2.19. The van der Waals surface area contributed by atoms with Crippen molar-refractivity contribution in [3.05, 3.63) is 35.4 Å². The Hall–Kier alpha value is -1.35. The molecule has 0 spiro atoms. The maximum absolute atomic E-state index is 12.4. The average Bonchev–Trinajstić information content (AvgIpc) is 2.24. The van der Waals surface area contributed by atoms with E-state index in [1.165, 1.54) is 6.08 Å². The van der Waals surface area contributed by atoms with Gasteiger partial charge in [-0.2, -0.15) is 0 Å². The van der Waals surface area contributed by atoms with Crippen LogP contribution in [-0.4, -0.2) is 18.4 Å². The highest BCUT2D eigenvalue weighted by molar-refractivity contribution is 6.31. The van der Waals surface area contributed by atoms with E-state index in [4.69, 9.17) is 16.3 Å². The molecule has 1 unspecified atom stereocenters. The van der Waals surface area contributed by atoms with Gasteiger partial charge in [0.2, 0.25) is 0 Å². The highest BCUT2D eigenvalue weighted by Gasteiger charge is 2.33. The minimum atomic E-state index is -0.848. The van der Waals surface area contributed by atoms with E-state index in [0.29, 0.717) is 11.1 Å². The lowest BCUT2D eigenvalue weighted by atomic mass is 9.85. The van der Waals surface area contributed by atoms with E-state index < -0.39 is 11.9 Å². The molecule has 1 atom stereocenters. The third-order valence-corrected chi connectivity index (χ3v) is 2.62. The van der Waals surface area contributed by atoms with Gasteiger partial charge in [-0.3, -0.25) is 9.59 Å².